The molecule has 2 aliphatic heterocycles. The third-order valence-corrected chi connectivity index (χ3v) is 6.99. The SMILES string of the molecule is OC1CCN(c2ccc(/C=C/c3cnc4ccc(N5CC(O)C[C@@H]5c5cc(F)ccc5F)nn34)nc2)C1. The molecule has 3 atom stereocenters. The highest BCUT2D eigenvalue weighted by Crippen LogP contribution is 2.37. The van der Waals surface area contributed by atoms with Gasteiger partial charge >= 0.3 is 0 Å². The van der Waals surface area contributed by atoms with E-state index in [4.69, 9.17) is 5.10 Å². The first kappa shape index (κ1) is 23.5. The fraction of sp³-hybridized carbons (Fsp3) is 0.296. The minimum atomic E-state index is -0.690. The maximum Gasteiger partial charge on any atom is 0.154 e. The molecular weight excluding hydrogens is 478 g/mol. The predicted molar refractivity (Wildman–Crippen MR) is 136 cm³/mol. The molecule has 8 nitrogen and oxygen atoms in total. The van der Waals surface area contributed by atoms with Crippen molar-refractivity contribution in [1.82, 2.24) is 19.6 Å². The molecule has 10 heteroatoms. The molecule has 2 saturated heterocycles. The molecule has 190 valence electrons. The lowest BCUT2D eigenvalue weighted by molar-refractivity contribution is 0.194. The van der Waals surface area contributed by atoms with Crippen LogP contribution in [0.3, 0.4) is 0 Å². The normalized spacial score (nSPS) is 22.1. The highest BCUT2D eigenvalue weighted by molar-refractivity contribution is 5.68. The van der Waals surface area contributed by atoms with E-state index in [-0.39, 0.29) is 24.6 Å². The van der Waals surface area contributed by atoms with Crippen LogP contribution < -0.4 is 9.80 Å². The van der Waals surface area contributed by atoms with Crippen molar-refractivity contribution in [2.75, 3.05) is 29.4 Å². The van der Waals surface area contributed by atoms with Gasteiger partial charge in [-0.2, -0.15) is 0 Å². The van der Waals surface area contributed by atoms with Crippen molar-refractivity contribution < 1.29 is 19.0 Å². The summed E-state index contributed by atoms with van der Waals surface area (Å²) in [4.78, 5) is 12.8. The van der Waals surface area contributed by atoms with Crippen molar-refractivity contribution in [3.05, 3.63) is 83.4 Å². The fourth-order valence-corrected chi connectivity index (χ4v) is 5.11. The van der Waals surface area contributed by atoms with E-state index in [1.54, 1.807) is 33.9 Å². The van der Waals surface area contributed by atoms with Crippen LogP contribution in [0.15, 0.2) is 54.9 Å². The monoisotopic (exact) mass is 504 g/mol. The highest BCUT2D eigenvalue weighted by Gasteiger charge is 2.35. The van der Waals surface area contributed by atoms with Gasteiger partial charge in [0.2, 0.25) is 0 Å². The van der Waals surface area contributed by atoms with Gasteiger partial charge < -0.3 is 20.0 Å². The largest absolute Gasteiger partial charge is 0.391 e. The number of rotatable bonds is 5. The molecule has 2 N–H and O–H groups in total. The van der Waals surface area contributed by atoms with Gasteiger partial charge in [0.05, 0.1) is 47.7 Å². The van der Waals surface area contributed by atoms with E-state index in [2.05, 4.69) is 14.9 Å². The number of nitrogens with zero attached hydrogens (tertiary/aromatic N) is 6. The second-order valence-corrected chi connectivity index (χ2v) is 9.53. The van der Waals surface area contributed by atoms with Crippen molar-refractivity contribution in [1.29, 1.82) is 0 Å². The molecule has 2 fully saturated rings. The Labute approximate surface area is 212 Å². The molecule has 0 bridgehead atoms. The lowest BCUT2D eigenvalue weighted by atomic mass is 10.0. The van der Waals surface area contributed by atoms with Crippen molar-refractivity contribution in [2.24, 2.45) is 0 Å². The number of anilines is 2. The summed E-state index contributed by atoms with van der Waals surface area (Å²) >= 11 is 0. The Morgan fingerprint density at radius 3 is 2.59 bits per heavy atom. The lowest BCUT2D eigenvalue weighted by Gasteiger charge is -2.26. The number of benzene rings is 1. The molecule has 2 aliphatic rings. The maximum absolute atomic E-state index is 14.6. The standard InChI is InChI=1S/C27H26F2N6O2/c28-17-1-6-24(29)23(11-17)25-12-22(37)16-34(25)27-8-7-26-31-14-20(35(26)32-27)5-3-18-2-4-19(13-30-18)33-10-9-21(36)15-33/h1-8,11,13-14,21-22,25,36-37H,9-10,12,15-16H2/b5-3+/t21?,22?,25-/m1/s1. The molecule has 5 heterocycles. The van der Waals surface area contributed by atoms with Crippen LogP contribution in [0.4, 0.5) is 20.3 Å². The van der Waals surface area contributed by atoms with E-state index in [1.807, 2.05) is 24.3 Å². The summed E-state index contributed by atoms with van der Waals surface area (Å²) < 4.78 is 30.1. The highest BCUT2D eigenvalue weighted by atomic mass is 19.1. The van der Waals surface area contributed by atoms with E-state index in [0.717, 1.165) is 42.2 Å². The summed E-state index contributed by atoms with van der Waals surface area (Å²) in [5, 5.41) is 24.8. The van der Waals surface area contributed by atoms with Gasteiger partial charge in [-0.3, -0.25) is 4.98 Å². The summed E-state index contributed by atoms with van der Waals surface area (Å²) in [5.74, 6) is -0.513. The summed E-state index contributed by atoms with van der Waals surface area (Å²) in [6.07, 6.45) is 7.28. The van der Waals surface area contributed by atoms with Crippen LogP contribution >= 0.6 is 0 Å². The number of fused-ring (bicyclic) bond motifs is 1. The molecule has 0 spiro atoms. The molecular formula is C27H26F2N6O2. The summed E-state index contributed by atoms with van der Waals surface area (Å²) in [5.41, 5.74) is 3.29. The molecule has 37 heavy (non-hydrogen) atoms. The van der Waals surface area contributed by atoms with Crippen molar-refractivity contribution >= 4 is 29.3 Å². The topological polar surface area (TPSA) is 90.0 Å². The number of aromatic nitrogens is 4. The maximum atomic E-state index is 14.6. The van der Waals surface area contributed by atoms with Crippen LogP contribution in [-0.2, 0) is 0 Å². The summed E-state index contributed by atoms with van der Waals surface area (Å²) in [6.45, 7) is 1.69. The zero-order chi connectivity index (χ0) is 25.5. The van der Waals surface area contributed by atoms with Crippen LogP contribution in [-0.4, -0.2) is 61.6 Å². The van der Waals surface area contributed by atoms with Crippen LogP contribution in [0.1, 0.15) is 35.8 Å². The van der Waals surface area contributed by atoms with Gasteiger partial charge in [-0.05, 0) is 67.5 Å². The Morgan fingerprint density at radius 1 is 0.919 bits per heavy atom. The number of β-amino-alcohol motifs (C(OH)–C–C–N with tert-alkyl or cyclic N) is 2. The van der Waals surface area contributed by atoms with Gasteiger partial charge in [0, 0.05) is 25.2 Å². The van der Waals surface area contributed by atoms with Crippen LogP contribution in [0.5, 0.6) is 0 Å². The zero-order valence-electron chi connectivity index (χ0n) is 20.0. The molecule has 0 aliphatic carbocycles. The van der Waals surface area contributed by atoms with Crippen molar-refractivity contribution in [3.63, 3.8) is 0 Å². The number of imidazole rings is 1. The Morgan fingerprint density at radius 2 is 1.81 bits per heavy atom. The number of halogens is 2. The molecule has 1 aromatic carbocycles. The van der Waals surface area contributed by atoms with Crippen molar-refractivity contribution in [3.8, 4) is 0 Å². The van der Waals surface area contributed by atoms with Gasteiger partial charge in [0.1, 0.15) is 17.5 Å². The van der Waals surface area contributed by atoms with E-state index in [0.29, 0.717) is 18.0 Å². The molecule has 0 amide bonds. The van der Waals surface area contributed by atoms with Crippen LogP contribution in [0.25, 0.3) is 17.8 Å². The Kier molecular flexibility index (Phi) is 6.05. The van der Waals surface area contributed by atoms with Gasteiger partial charge in [0.15, 0.2) is 5.65 Å². The van der Waals surface area contributed by atoms with Gasteiger partial charge in [-0.25, -0.2) is 18.3 Å². The second kappa shape index (κ2) is 9.53. The average molecular weight is 505 g/mol. The summed E-state index contributed by atoms with van der Waals surface area (Å²) in [6, 6.07) is 10.3. The quantitative estimate of drug-likeness (QED) is 0.430. The van der Waals surface area contributed by atoms with Gasteiger partial charge in [-0.15, -0.1) is 5.10 Å². The minimum Gasteiger partial charge on any atom is -0.391 e. The second-order valence-electron chi connectivity index (χ2n) is 9.53. The van der Waals surface area contributed by atoms with E-state index < -0.39 is 23.8 Å². The number of hydrogen-bond acceptors (Lipinski definition) is 7. The first-order valence-electron chi connectivity index (χ1n) is 12.3. The van der Waals surface area contributed by atoms with Gasteiger partial charge in [-0.1, -0.05) is 0 Å². The number of aliphatic hydroxyl groups excluding tert-OH is 2. The third kappa shape index (κ3) is 4.65. The zero-order valence-corrected chi connectivity index (χ0v) is 20.0. The van der Waals surface area contributed by atoms with Gasteiger partial charge in [0.25, 0.3) is 0 Å². The smallest absolute Gasteiger partial charge is 0.154 e. The number of pyridine rings is 1. The van der Waals surface area contributed by atoms with E-state index in [9.17, 15) is 19.0 Å². The molecule has 4 aromatic rings. The number of hydrogen-bond donors (Lipinski definition) is 2. The lowest BCUT2D eigenvalue weighted by Crippen LogP contribution is -2.26. The number of aliphatic hydroxyl groups is 2. The van der Waals surface area contributed by atoms with E-state index >= 15 is 0 Å². The Balaban J connectivity index is 1.26. The molecule has 2 unspecified atom stereocenters. The Bertz CT molecular complexity index is 1460. The average Bonchev–Trinajstić information content (AvgIpc) is 3.62. The fourth-order valence-electron chi connectivity index (χ4n) is 5.11. The molecule has 0 saturated carbocycles. The minimum absolute atomic E-state index is 0.196. The summed E-state index contributed by atoms with van der Waals surface area (Å²) in [7, 11) is 0. The Hall–Kier alpha value is -3.89. The van der Waals surface area contributed by atoms with E-state index in [1.165, 1.54) is 6.07 Å². The predicted octanol–water partition coefficient (Wildman–Crippen LogP) is 3.46. The first-order chi connectivity index (χ1) is 17.9. The molecule has 3 aromatic heterocycles. The van der Waals surface area contributed by atoms with Crippen molar-refractivity contribution in [2.45, 2.75) is 31.1 Å². The molecule has 6 rings (SSSR count). The third-order valence-electron chi connectivity index (χ3n) is 6.99. The first-order valence-corrected chi connectivity index (χ1v) is 12.3. The van der Waals surface area contributed by atoms with Crippen LogP contribution in [0, 0.1) is 11.6 Å². The molecule has 0 radical (unpaired) electrons. The van der Waals surface area contributed by atoms with Crippen LogP contribution in [0.2, 0.25) is 0 Å².